The first kappa shape index (κ1) is 11.6. The number of hydrogen-bond donors (Lipinski definition) is 2. The molecular weight excluding hydrogens is 202 g/mol. The smallest absolute Gasteiger partial charge is 0.0653 e. The molecule has 1 aliphatic rings. The van der Waals surface area contributed by atoms with E-state index >= 15 is 0 Å². The zero-order valence-corrected chi connectivity index (χ0v) is 9.70. The van der Waals surface area contributed by atoms with E-state index < -0.39 is 0 Å². The van der Waals surface area contributed by atoms with Gasteiger partial charge in [0.1, 0.15) is 0 Å². The second-order valence-electron chi connectivity index (χ2n) is 4.57. The van der Waals surface area contributed by atoms with Gasteiger partial charge in [-0.15, -0.1) is 0 Å². The maximum Gasteiger partial charge on any atom is 0.0653 e. The van der Waals surface area contributed by atoms with E-state index in [-0.39, 0.29) is 5.60 Å². The van der Waals surface area contributed by atoms with Gasteiger partial charge in [0.2, 0.25) is 0 Å². The monoisotopic (exact) mass is 221 g/mol. The maximum absolute atomic E-state index is 9.73. The van der Waals surface area contributed by atoms with Crippen molar-refractivity contribution in [3.05, 3.63) is 35.4 Å². The Morgan fingerprint density at radius 3 is 2.44 bits per heavy atom. The van der Waals surface area contributed by atoms with Gasteiger partial charge >= 0.3 is 0 Å². The highest BCUT2D eigenvalue weighted by atomic mass is 16.6. The van der Waals surface area contributed by atoms with Gasteiger partial charge in [0, 0.05) is 6.54 Å². The Morgan fingerprint density at radius 2 is 1.88 bits per heavy atom. The molecule has 1 aromatic carbocycles. The molecular formula is C13H19NO2. The van der Waals surface area contributed by atoms with E-state index in [1.54, 1.807) is 7.11 Å². The van der Waals surface area contributed by atoms with Crippen molar-refractivity contribution in [2.75, 3.05) is 7.11 Å². The van der Waals surface area contributed by atoms with Crippen molar-refractivity contribution >= 4 is 0 Å². The normalized spacial score (nSPS) is 17.4. The van der Waals surface area contributed by atoms with Crippen LogP contribution >= 0.6 is 0 Å². The fourth-order valence-corrected chi connectivity index (χ4v) is 1.75. The molecule has 1 aliphatic carbocycles. The molecule has 0 radical (unpaired) electrons. The highest BCUT2D eigenvalue weighted by molar-refractivity contribution is 5.22. The number of aryl methyl sites for hydroxylation is 1. The van der Waals surface area contributed by atoms with Crippen LogP contribution in [0.15, 0.2) is 24.3 Å². The van der Waals surface area contributed by atoms with Gasteiger partial charge < -0.3 is 9.94 Å². The molecule has 0 aromatic heterocycles. The van der Waals surface area contributed by atoms with E-state index in [9.17, 15) is 5.11 Å². The number of hydroxylamine groups is 1. The molecule has 3 nitrogen and oxygen atoms in total. The summed E-state index contributed by atoms with van der Waals surface area (Å²) in [6.45, 7) is 0.723. The van der Waals surface area contributed by atoms with Crippen molar-refractivity contribution < 1.29 is 9.94 Å². The van der Waals surface area contributed by atoms with Gasteiger partial charge in [0.25, 0.3) is 0 Å². The van der Waals surface area contributed by atoms with Crippen LogP contribution in [0.1, 0.15) is 30.4 Å². The Kier molecular flexibility index (Phi) is 3.59. The standard InChI is InChI=1S/C13H19NO2/c1-16-14-10-12-4-2-11(3-5-12)6-7-13(15)8-9-13/h2-5,14-15H,6-10H2,1H3. The van der Waals surface area contributed by atoms with Gasteiger partial charge in [0.15, 0.2) is 0 Å². The van der Waals surface area contributed by atoms with Gasteiger partial charge in [0.05, 0.1) is 12.7 Å². The van der Waals surface area contributed by atoms with E-state index in [0.717, 1.165) is 32.2 Å². The van der Waals surface area contributed by atoms with Gasteiger partial charge in [-0.25, -0.2) is 0 Å². The second-order valence-corrected chi connectivity index (χ2v) is 4.57. The van der Waals surface area contributed by atoms with E-state index in [1.165, 1.54) is 11.1 Å². The summed E-state index contributed by atoms with van der Waals surface area (Å²) < 4.78 is 0. The molecule has 0 heterocycles. The first-order valence-electron chi connectivity index (χ1n) is 5.78. The van der Waals surface area contributed by atoms with Crippen LogP contribution in [0.3, 0.4) is 0 Å². The minimum Gasteiger partial charge on any atom is -0.390 e. The molecule has 16 heavy (non-hydrogen) atoms. The van der Waals surface area contributed by atoms with Gasteiger partial charge in [-0.1, -0.05) is 24.3 Å². The molecule has 3 heteroatoms. The van der Waals surface area contributed by atoms with Crippen molar-refractivity contribution in [3.8, 4) is 0 Å². The lowest BCUT2D eigenvalue weighted by Crippen LogP contribution is -2.10. The SMILES string of the molecule is CONCc1ccc(CCC2(O)CC2)cc1. The van der Waals surface area contributed by atoms with Crippen LogP contribution in [0.25, 0.3) is 0 Å². The number of rotatable bonds is 6. The predicted molar refractivity (Wildman–Crippen MR) is 62.8 cm³/mol. The lowest BCUT2D eigenvalue weighted by molar-refractivity contribution is 0.0867. The van der Waals surface area contributed by atoms with Crippen molar-refractivity contribution in [2.45, 2.75) is 37.8 Å². The van der Waals surface area contributed by atoms with Crippen molar-refractivity contribution in [3.63, 3.8) is 0 Å². The number of nitrogens with one attached hydrogen (secondary N) is 1. The average Bonchev–Trinajstić information content (AvgIpc) is 3.04. The van der Waals surface area contributed by atoms with Crippen molar-refractivity contribution in [1.82, 2.24) is 5.48 Å². The summed E-state index contributed by atoms with van der Waals surface area (Å²) in [6.07, 6.45) is 3.81. The molecule has 2 rings (SSSR count). The van der Waals surface area contributed by atoms with Crippen LogP contribution in [-0.2, 0) is 17.8 Å². The summed E-state index contributed by atoms with van der Waals surface area (Å²) in [6, 6.07) is 8.44. The van der Waals surface area contributed by atoms with Crippen LogP contribution in [-0.4, -0.2) is 17.8 Å². The van der Waals surface area contributed by atoms with Crippen LogP contribution in [0.2, 0.25) is 0 Å². The predicted octanol–water partition coefficient (Wildman–Crippen LogP) is 1.80. The van der Waals surface area contributed by atoms with E-state index in [4.69, 9.17) is 4.84 Å². The highest BCUT2D eigenvalue weighted by Gasteiger charge is 2.39. The quantitative estimate of drug-likeness (QED) is 0.720. The number of benzene rings is 1. The average molecular weight is 221 g/mol. The Hall–Kier alpha value is -0.900. The Morgan fingerprint density at radius 1 is 1.25 bits per heavy atom. The molecule has 0 atom stereocenters. The fraction of sp³-hybridized carbons (Fsp3) is 0.538. The molecule has 2 N–H and O–H groups in total. The fourth-order valence-electron chi connectivity index (χ4n) is 1.75. The van der Waals surface area contributed by atoms with Gasteiger partial charge in [-0.3, -0.25) is 0 Å². The molecule has 1 fully saturated rings. The molecule has 0 unspecified atom stereocenters. The first-order chi connectivity index (χ1) is 7.72. The highest BCUT2D eigenvalue weighted by Crippen LogP contribution is 2.39. The lowest BCUT2D eigenvalue weighted by Gasteiger charge is -2.08. The second kappa shape index (κ2) is 4.95. The summed E-state index contributed by atoms with van der Waals surface area (Å²) in [5, 5.41) is 9.73. The Balaban J connectivity index is 1.81. The van der Waals surface area contributed by atoms with Crippen LogP contribution in [0, 0.1) is 0 Å². The molecule has 0 amide bonds. The zero-order valence-electron chi connectivity index (χ0n) is 9.70. The Bertz CT molecular complexity index is 330. The topological polar surface area (TPSA) is 41.5 Å². The first-order valence-corrected chi connectivity index (χ1v) is 5.78. The molecule has 1 aromatic rings. The molecule has 0 spiro atoms. The number of aliphatic hydroxyl groups is 1. The van der Waals surface area contributed by atoms with Crippen LogP contribution < -0.4 is 5.48 Å². The van der Waals surface area contributed by atoms with Crippen molar-refractivity contribution in [2.24, 2.45) is 0 Å². The largest absolute Gasteiger partial charge is 0.390 e. The van der Waals surface area contributed by atoms with E-state index in [0.29, 0.717) is 0 Å². The number of hydrogen-bond acceptors (Lipinski definition) is 3. The van der Waals surface area contributed by atoms with E-state index in [1.807, 2.05) is 0 Å². The summed E-state index contributed by atoms with van der Waals surface area (Å²) in [5.74, 6) is 0. The van der Waals surface area contributed by atoms with Gasteiger partial charge in [-0.05, 0) is 36.8 Å². The minimum atomic E-state index is -0.337. The molecule has 0 saturated heterocycles. The summed E-state index contributed by atoms with van der Waals surface area (Å²) in [7, 11) is 1.62. The Labute approximate surface area is 96.4 Å². The van der Waals surface area contributed by atoms with Crippen LogP contribution in [0.4, 0.5) is 0 Å². The molecule has 0 bridgehead atoms. The molecule has 0 aliphatic heterocycles. The van der Waals surface area contributed by atoms with Crippen LogP contribution in [0.5, 0.6) is 0 Å². The van der Waals surface area contributed by atoms with Gasteiger partial charge in [-0.2, -0.15) is 5.48 Å². The summed E-state index contributed by atoms with van der Waals surface area (Å²) >= 11 is 0. The third-order valence-electron chi connectivity index (χ3n) is 3.15. The third kappa shape index (κ3) is 3.30. The summed E-state index contributed by atoms with van der Waals surface area (Å²) in [5.41, 5.74) is 4.97. The molecule has 1 saturated carbocycles. The lowest BCUT2D eigenvalue weighted by atomic mass is 10.0. The van der Waals surface area contributed by atoms with Crippen molar-refractivity contribution in [1.29, 1.82) is 0 Å². The maximum atomic E-state index is 9.73. The molecule has 88 valence electrons. The third-order valence-corrected chi connectivity index (χ3v) is 3.15. The van der Waals surface area contributed by atoms with E-state index in [2.05, 4.69) is 29.7 Å². The minimum absolute atomic E-state index is 0.337. The zero-order chi connectivity index (χ0) is 11.4. The summed E-state index contributed by atoms with van der Waals surface area (Å²) in [4.78, 5) is 4.79.